The molecule has 0 amide bonds. The van der Waals surface area contributed by atoms with Crippen LogP contribution in [0.15, 0.2) is 22.8 Å². The Labute approximate surface area is 128 Å². The average molecular weight is 294 g/mol. The van der Waals surface area contributed by atoms with Crippen LogP contribution in [-0.2, 0) is 11.3 Å². The standard InChI is InChI=1S/C17H30N2O2/c1-3-9-18-14-17(7-11-20-12-8-17)15-19(4-2)13-16-6-5-10-21-16/h5-6,10,18H,3-4,7-9,11-15H2,1-2H3. The van der Waals surface area contributed by atoms with Crippen molar-refractivity contribution in [1.29, 1.82) is 0 Å². The molecule has 0 unspecified atom stereocenters. The van der Waals surface area contributed by atoms with E-state index in [2.05, 4.69) is 30.1 Å². The highest BCUT2D eigenvalue weighted by Crippen LogP contribution is 2.31. The first kappa shape index (κ1) is 16.5. The summed E-state index contributed by atoms with van der Waals surface area (Å²) in [7, 11) is 0. The summed E-state index contributed by atoms with van der Waals surface area (Å²) in [5.74, 6) is 1.06. The Morgan fingerprint density at radius 1 is 1.29 bits per heavy atom. The van der Waals surface area contributed by atoms with Crippen LogP contribution in [0.3, 0.4) is 0 Å². The van der Waals surface area contributed by atoms with E-state index in [1.165, 1.54) is 6.42 Å². The molecule has 1 aromatic rings. The van der Waals surface area contributed by atoms with E-state index in [0.717, 1.165) is 64.5 Å². The summed E-state index contributed by atoms with van der Waals surface area (Å²) < 4.78 is 11.1. The summed E-state index contributed by atoms with van der Waals surface area (Å²) in [6.07, 6.45) is 5.25. The Hall–Kier alpha value is -0.840. The van der Waals surface area contributed by atoms with E-state index < -0.39 is 0 Å². The zero-order valence-corrected chi connectivity index (χ0v) is 13.6. The first-order valence-electron chi connectivity index (χ1n) is 8.31. The van der Waals surface area contributed by atoms with Crippen molar-refractivity contribution >= 4 is 0 Å². The normalized spacial score (nSPS) is 18.2. The largest absolute Gasteiger partial charge is 0.468 e. The van der Waals surface area contributed by atoms with Crippen molar-refractivity contribution in [3.63, 3.8) is 0 Å². The summed E-state index contributed by atoms with van der Waals surface area (Å²) in [5.41, 5.74) is 0.343. The molecule has 1 aliphatic heterocycles. The van der Waals surface area contributed by atoms with Crippen molar-refractivity contribution in [3.05, 3.63) is 24.2 Å². The van der Waals surface area contributed by atoms with Crippen molar-refractivity contribution in [1.82, 2.24) is 10.2 Å². The van der Waals surface area contributed by atoms with Crippen LogP contribution in [0.1, 0.15) is 38.9 Å². The third-order valence-corrected chi connectivity index (χ3v) is 4.45. The van der Waals surface area contributed by atoms with Crippen molar-refractivity contribution < 1.29 is 9.15 Å². The van der Waals surface area contributed by atoms with Gasteiger partial charge >= 0.3 is 0 Å². The molecule has 0 aromatic carbocycles. The topological polar surface area (TPSA) is 37.6 Å². The molecular formula is C17H30N2O2. The van der Waals surface area contributed by atoms with Gasteiger partial charge in [-0.3, -0.25) is 4.90 Å². The van der Waals surface area contributed by atoms with Gasteiger partial charge < -0.3 is 14.5 Å². The van der Waals surface area contributed by atoms with Gasteiger partial charge in [0.15, 0.2) is 0 Å². The molecule has 120 valence electrons. The van der Waals surface area contributed by atoms with E-state index in [0.29, 0.717) is 5.41 Å². The van der Waals surface area contributed by atoms with Gasteiger partial charge in [0.1, 0.15) is 5.76 Å². The number of ether oxygens (including phenoxy) is 1. The van der Waals surface area contributed by atoms with Gasteiger partial charge in [-0.15, -0.1) is 0 Å². The molecule has 0 aliphatic carbocycles. The van der Waals surface area contributed by atoms with Gasteiger partial charge in [-0.2, -0.15) is 0 Å². The van der Waals surface area contributed by atoms with Gasteiger partial charge in [-0.05, 0) is 49.9 Å². The Kier molecular flexibility index (Phi) is 6.74. The quantitative estimate of drug-likeness (QED) is 0.711. The Bertz CT molecular complexity index is 372. The molecular weight excluding hydrogens is 264 g/mol. The van der Waals surface area contributed by atoms with Crippen LogP contribution < -0.4 is 5.32 Å². The first-order valence-corrected chi connectivity index (χ1v) is 8.31. The summed E-state index contributed by atoms with van der Waals surface area (Å²) in [6.45, 7) is 11.5. The van der Waals surface area contributed by atoms with Gasteiger partial charge in [0.25, 0.3) is 0 Å². The first-order chi connectivity index (χ1) is 10.3. The molecule has 1 aliphatic rings. The lowest BCUT2D eigenvalue weighted by Gasteiger charge is -2.41. The zero-order chi connectivity index (χ0) is 15.0. The highest BCUT2D eigenvalue weighted by atomic mass is 16.5. The van der Waals surface area contributed by atoms with Gasteiger partial charge in [0.05, 0.1) is 12.8 Å². The van der Waals surface area contributed by atoms with Gasteiger partial charge in [0.2, 0.25) is 0 Å². The SMILES string of the molecule is CCCNCC1(CN(CC)Cc2ccco2)CCOCC1. The van der Waals surface area contributed by atoms with Crippen LogP contribution >= 0.6 is 0 Å². The lowest BCUT2D eigenvalue weighted by molar-refractivity contribution is -0.00572. The summed E-state index contributed by atoms with van der Waals surface area (Å²) >= 11 is 0. The minimum atomic E-state index is 0.343. The minimum absolute atomic E-state index is 0.343. The Morgan fingerprint density at radius 2 is 2.10 bits per heavy atom. The lowest BCUT2D eigenvalue weighted by atomic mass is 9.79. The second kappa shape index (κ2) is 8.57. The number of nitrogens with zero attached hydrogens (tertiary/aromatic N) is 1. The van der Waals surface area contributed by atoms with E-state index in [1.54, 1.807) is 6.26 Å². The third-order valence-electron chi connectivity index (χ3n) is 4.45. The second-order valence-electron chi connectivity index (χ2n) is 6.17. The molecule has 0 spiro atoms. The maximum Gasteiger partial charge on any atom is 0.117 e. The van der Waals surface area contributed by atoms with E-state index in [9.17, 15) is 0 Å². The average Bonchev–Trinajstić information content (AvgIpc) is 3.01. The molecule has 1 aromatic heterocycles. The molecule has 4 nitrogen and oxygen atoms in total. The minimum Gasteiger partial charge on any atom is -0.468 e. The second-order valence-corrected chi connectivity index (χ2v) is 6.17. The van der Waals surface area contributed by atoms with E-state index >= 15 is 0 Å². The van der Waals surface area contributed by atoms with Crippen molar-refractivity contribution in [2.75, 3.05) is 39.4 Å². The lowest BCUT2D eigenvalue weighted by Crippen LogP contribution is -2.47. The molecule has 2 rings (SSSR count). The maximum atomic E-state index is 5.59. The van der Waals surface area contributed by atoms with Crippen LogP contribution in [0.5, 0.6) is 0 Å². The third kappa shape index (κ3) is 5.13. The predicted octanol–water partition coefficient (Wildman–Crippen LogP) is 2.90. The molecule has 1 fully saturated rings. The highest BCUT2D eigenvalue weighted by Gasteiger charge is 2.34. The summed E-state index contributed by atoms with van der Waals surface area (Å²) in [4.78, 5) is 2.50. The van der Waals surface area contributed by atoms with Gasteiger partial charge in [0, 0.05) is 26.3 Å². The van der Waals surface area contributed by atoms with Gasteiger partial charge in [-0.25, -0.2) is 0 Å². The smallest absolute Gasteiger partial charge is 0.117 e. The van der Waals surface area contributed by atoms with Crippen LogP contribution in [0.25, 0.3) is 0 Å². The molecule has 1 N–H and O–H groups in total. The number of furan rings is 1. The van der Waals surface area contributed by atoms with Crippen LogP contribution in [0.4, 0.5) is 0 Å². The molecule has 4 heteroatoms. The molecule has 21 heavy (non-hydrogen) atoms. The molecule has 0 saturated carbocycles. The summed E-state index contributed by atoms with van der Waals surface area (Å²) in [5, 5.41) is 3.63. The van der Waals surface area contributed by atoms with Crippen LogP contribution in [0.2, 0.25) is 0 Å². The van der Waals surface area contributed by atoms with Crippen LogP contribution in [-0.4, -0.2) is 44.3 Å². The number of hydrogen-bond acceptors (Lipinski definition) is 4. The van der Waals surface area contributed by atoms with Crippen molar-refractivity contribution in [3.8, 4) is 0 Å². The number of hydrogen-bond donors (Lipinski definition) is 1. The van der Waals surface area contributed by atoms with E-state index in [4.69, 9.17) is 9.15 Å². The molecule has 1 saturated heterocycles. The predicted molar refractivity (Wildman–Crippen MR) is 85.3 cm³/mol. The number of nitrogens with one attached hydrogen (secondary N) is 1. The molecule has 2 heterocycles. The fraction of sp³-hybridized carbons (Fsp3) is 0.765. The maximum absolute atomic E-state index is 5.59. The Balaban J connectivity index is 1.94. The fourth-order valence-corrected chi connectivity index (χ4v) is 3.10. The summed E-state index contributed by atoms with van der Waals surface area (Å²) in [6, 6.07) is 4.03. The van der Waals surface area contributed by atoms with Gasteiger partial charge in [-0.1, -0.05) is 13.8 Å². The monoisotopic (exact) mass is 294 g/mol. The zero-order valence-electron chi connectivity index (χ0n) is 13.6. The van der Waals surface area contributed by atoms with Crippen LogP contribution in [0, 0.1) is 5.41 Å². The fourth-order valence-electron chi connectivity index (χ4n) is 3.10. The molecule has 0 atom stereocenters. The number of rotatable bonds is 9. The van der Waals surface area contributed by atoms with Crippen molar-refractivity contribution in [2.45, 2.75) is 39.7 Å². The van der Waals surface area contributed by atoms with E-state index in [-0.39, 0.29) is 0 Å². The molecule has 0 bridgehead atoms. The van der Waals surface area contributed by atoms with Crippen molar-refractivity contribution in [2.24, 2.45) is 5.41 Å². The van der Waals surface area contributed by atoms with E-state index in [1.807, 2.05) is 6.07 Å². The molecule has 0 radical (unpaired) electrons. The Morgan fingerprint density at radius 3 is 2.71 bits per heavy atom. The highest BCUT2D eigenvalue weighted by molar-refractivity contribution is 4.98.